The van der Waals surface area contributed by atoms with Crippen molar-refractivity contribution in [3.63, 3.8) is 0 Å². The fourth-order valence-corrected chi connectivity index (χ4v) is 8.17. The predicted octanol–water partition coefficient (Wildman–Crippen LogP) is 3.06. The summed E-state index contributed by atoms with van der Waals surface area (Å²) in [4.78, 5) is 62.1. The molecule has 0 radical (unpaired) electrons. The second-order valence-corrected chi connectivity index (χ2v) is 14.8. The number of halogens is 3. The Morgan fingerprint density at radius 3 is 2.39 bits per heavy atom. The third-order valence-electron chi connectivity index (χ3n) is 6.23. The summed E-state index contributed by atoms with van der Waals surface area (Å²) in [6, 6.07) is 3.77. The number of nitrogens with zero attached hydrogens (tertiary/aromatic N) is 5. The Morgan fingerprint density at radius 1 is 1.04 bits per heavy atom. The smallest absolute Gasteiger partial charge is 0.390 e. The zero-order valence-electron chi connectivity index (χ0n) is 22.5. The number of carbonyl (C=O) groups is 1. The predicted molar refractivity (Wildman–Crippen MR) is 147 cm³/mol. The molecule has 0 saturated carbocycles. The lowest BCUT2D eigenvalue weighted by atomic mass is 10.1. The van der Waals surface area contributed by atoms with E-state index >= 15 is 0 Å². The van der Waals surface area contributed by atoms with Crippen LogP contribution < -0.4 is 0 Å². The number of thioether (sulfide) groups is 1. The van der Waals surface area contributed by atoms with Crippen molar-refractivity contribution in [2.45, 2.75) is 36.2 Å². The van der Waals surface area contributed by atoms with E-state index in [9.17, 15) is 46.6 Å². The Hall–Kier alpha value is -2.55. The molecule has 0 spiro atoms. The molecule has 0 aliphatic carbocycles. The van der Waals surface area contributed by atoms with Crippen LogP contribution in [0.3, 0.4) is 0 Å². The van der Waals surface area contributed by atoms with E-state index in [2.05, 4.69) is 28.1 Å². The normalized spacial score (nSPS) is 21.9. The van der Waals surface area contributed by atoms with E-state index in [1.54, 1.807) is 10.6 Å². The molecular weight excluding hydrogens is 712 g/mol. The number of aliphatic hydroxyl groups is 1. The van der Waals surface area contributed by atoms with Crippen LogP contribution in [0.4, 0.5) is 13.2 Å². The highest BCUT2D eigenvalue weighted by Gasteiger charge is 2.43. The standard InChI is InChI=1S/C21H21F3N5O13P3S/c22-21(23,24)12-3-1-11(2-4-12)14(31)9-46-20-27-19-17(18-25-5-6-28(18)20)26-10-29(19)16-7-13(30)15(40-16)8-39-44(35,36)42-45(37,38)41-43(32,33)34/h1-6,10,13,15-16,30H,7-9H2,(H,35,36)(H,37,38)(H2,32,33,34)/t13-,15+,16+/m0/s1. The average molecular weight is 733 g/mol. The van der Waals surface area contributed by atoms with E-state index in [1.807, 2.05) is 0 Å². The molecule has 0 bridgehead atoms. The number of ketones is 1. The average Bonchev–Trinajstić information content (AvgIpc) is 3.66. The van der Waals surface area contributed by atoms with Crippen LogP contribution in [0.5, 0.6) is 0 Å². The molecule has 5 rings (SSSR count). The number of aliphatic hydroxyl groups excluding tert-OH is 1. The van der Waals surface area contributed by atoms with Crippen LogP contribution in [-0.2, 0) is 37.8 Å². The maximum absolute atomic E-state index is 12.9. The molecular formula is C21H21F3N5O13P3S. The molecule has 0 amide bonds. The van der Waals surface area contributed by atoms with E-state index < -0.39 is 66.0 Å². The van der Waals surface area contributed by atoms with Crippen molar-refractivity contribution in [1.82, 2.24) is 23.9 Å². The molecule has 4 aromatic rings. The molecule has 25 heteroatoms. The number of carbonyl (C=O) groups excluding carboxylic acids is 1. The van der Waals surface area contributed by atoms with Crippen LogP contribution in [0.15, 0.2) is 48.1 Å². The fraction of sp³-hybridized carbons (Fsp3) is 0.333. The summed E-state index contributed by atoms with van der Waals surface area (Å²) in [7, 11) is -16.8. The molecule has 1 fully saturated rings. The van der Waals surface area contributed by atoms with Crippen LogP contribution in [-0.4, -0.2) is 79.0 Å². The van der Waals surface area contributed by atoms with Gasteiger partial charge in [0.15, 0.2) is 27.8 Å². The number of fused-ring (bicyclic) bond motifs is 3. The highest BCUT2D eigenvalue weighted by molar-refractivity contribution is 7.99. The first-order chi connectivity index (χ1) is 21.3. The van der Waals surface area contributed by atoms with Gasteiger partial charge in [0.05, 0.1) is 30.4 Å². The Labute approximate surface area is 258 Å². The van der Waals surface area contributed by atoms with Gasteiger partial charge in [0.2, 0.25) is 0 Å². The second-order valence-electron chi connectivity index (χ2n) is 9.45. The van der Waals surface area contributed by atoms with E-state index in [-0.39, 0.29) is 28.5 Å². The number of hydrogen-bond acceptors (Lipinski definition) is 13. The monoisotopic (exact) mass is 733 g/mol. The molecule has 1 aromatic carbocycles. The first-order valence-electron chi connectivity index (χ1n) is 12.5. The maximum Gasteiger partial charge on any atom is 0.490 e. The van der Waals surface area contributed by atoms with E-state index in [1.165, 1.54) is 17.1 Å². The molecule has 1 aliphatic heterocycles. The van der Waals surface area contributed by atoms with Gasteiger partial charge in [0.25, 0.3) is 0 Å². The van der Waals surface area contributed by atoms with Gasteiger partial charge in [-0.15, -0.1) is 0 Å². The van der Waals surface area contributed by atoms with Gasteiger partial charge >= 0.3 is 29.6 Å². The maximum atomic E-state index is 12.9. The van der Waals surface area contributed by atoms with Gasteiger partial charge in [-0.2, -0.15) is 21.8 Å². The van der Waals surface area contributed by atoms with Gasteiger partial charge in [0, 0.05) is 24.4 Å². The molecule has 1 saturated heterocycles. The lowest BCUT2D eigenvalue weighted by molar-refractivity contribution is -0.137. The first kappa shape index (κ1) is 34.8. The van der Waals surface area contributed by atoms with Gasteiger partial charge in [-0.3, -0.25) is 18.3 Å². The molecule has 2 unspecified atom stereocenters. The molecule has 18 nitrogen and oxygen atoms in total. The van der Waals surface area contributed by atoms with Crippen molar-refractivity contribution in [2.75, 3.05) is 12.4 Å². The zero-order chi connectivity index (χ0) is 33.7. The largest absolute Gasteiger partial charge is 0.490 e. The number of aromatic nitrogens is 5. The summed E-state index contributed by atoms with van der Waals surface area (Å²) < 4.78 is 93.5. The van der Waals surface area contributed by atoms with Gasteiger partial charge < -0.3 is 29.4 Å². The number of alkyl halides is 3. The lowest BCUT2D eigenvalue weighted by Crippen LogP contribution is -2.26. The Bertz CT molecular complexity index is 1920. The number of rotatable bonds is 12. The van der Waals surface area contributed by atoms with E-state index in [4.69, 9.17) is 14.5 Å². The number of benzene rings is 1. The van der Waals surface area contributed by atoms with Crippen molar-refractivity contribution in [3.05, 3.63) is 54.1 Å². The molecule has 5 atom stereocenters. The number of phosphoric acid groups is 3. The van der Waals surface area contributed by atoms with Gasteiger partial charge in [-0.1, -0.05) is 23.9 Å². The fourth-order valence-electron chi connectivity index (χ4n) is 4.28. The summed E-state index contributed by atoms with van der Waals surface area (Å²) in [5.74, 6) is -0.671. The molecule has 5 N–H and O–H groups in total. The Balaban J connectivity index is 1.29. The number of ether oxygens (including phenoxy) is 1. The summed E-state index contributed by atoms with van der Waals surface area (Å²) in [6.45, 7) is -0.890. The minimum absolute atomic E-state index is 0.0593. The summed E-state index contributed by atoms with van der Waals surface area (Å²) in [5.41, 5.74) is -0.0279. The van der Waals surface area contributed by atoms with Gasteiger partial charge in [0.1, 0.15) is 12.3 Å². The summed E-state index contributed by atoms with van der Waals surface area (Å²) in [5, 5.41) is 10.8. The minimum Gasteiger partial charge on any atom is -0.390 e. The quantitative estimate of drug-likeness (QED) is 0.0607. The molecule has 46 heavy (non-hydrogen) atoms. The lowest BCUT2D eigenvalue weighted by Gasteiger charge is -2.19. The molecule has 4 heterocycles. The van der Waals surface area contributed by atoms with Crippen LogP contribution >= 0.6 is 35.2 Å². The van der Waals surface area contributed by atoms with Crippen molar-refractivity contribution < 1.29 is 74.2 Å². The van der Waals surface area contributed by atoms with Crippen LogP contribution in [0, 0.1) is 0 Å². The third kappa shape index (κ3) is 8.11. The Morgan fingerprint density at radius 2 is 1.74 bits per heavy atom. The highest BCUT2D eigenvalue weighted by Crippen LogP contribution is 2.66. The van der Waals surface area contributed by atoms with Crippen LogP contribution in [0.1, 0.15) is 28.6 Å². The minimum atomic E-state index is -5.75. The van der Waals surface area contributed by atoms with Crippen molar-refractivity contribution in [2.24, 2.45) is 0 Å². The first-order valence-corrected chi connectivity index (χ1v) is 18.0. The number of hydrogen-bond donors (Lipinski definition) is 5. The number of imidazole rings is 2. The van der Waals surface area contributed by atoms with Crippen molar-refractivity contribution >= 4 is 57.8 Å². The SMILES string of the molecule is O=C(CSc1nc2c(ncn2[C@H]2C[C@H](O)[C@@H](COP(=O)(O)OP(=O)(O)OP(=O)(O)O)O2)c2nccn12)c1ccc(C(F)(F)F)cc1. The molecule has 1 aliphatic rings. The van der Waals surface area contributed by atoms with E-state index in [0.717, 1.165) is 36.0 Å². The Kier molecular flexibility index (Phi) is 9.69. The third-order valence-corrected chi connectivity index (χ3v) is 11.0. The highest BCUT2D eigenvalue weighted by atomic mass is 32.2. The van der Waals surface area contributed by atoms with Crippen LogP contribution in [0.25, 0.3) is 16.8 Å². The van der Waals surface area contributed by atoms with Crippen LogP contribution in [0.2, 0.25) is 0 Å². The van der Waals surface area contributed by atoms with Crippen molar-refractivity contribution in [3.8, 4) is 0 Å². The second kappa shape index (κ2) is 12.8. The van der Waals surface area contributed by atoms with Gasteiger partial charge in [-0.25, -0.2) is 28.6 Å². The topological polar surface area (TPSA) is 254 Å². The molecule has 3 aromatic heterocycles. The summed E-state index contributed by atoms with van der Waals surface area (Å²) in [6.07, 6.45) is -4.01. The number of Topliss-reactive ketones (excluding diaryl/α,β-unsaturated/α-hetero) is 1. The zero-order valence-corrected chi connectivity index (χ0v) is 26.0. The molecule has 250 valence electrons. The van der Waals surface area contributed by atoms with Crippen molar-refractivity contribution in [1.29, 1.82) is 0 Å². The number of phosphoric ester groups is 1. The van der Waals surface area contributed by atoms with E-state index in [0.29, 0.717) is 11.2 Å². The van der Waals surface area contributed by atoms with Gasteiger partial charge in [-0.05, 0) is 12.1 Å². The summed E-state index contributed by atoms with van der Waals surface area (Å²) >= 11 is 0.970.